The molecule has 1 aliphatic carbocycles. The molecule has 1 aromatic carbocycles. The SMILES string of the molecule is CN1CCN(CC(=O)c2ccccc2NC(=O)NC2CCCCC2)CC1. The molecule has 3 rings (SSSR count). The number of nitrogens with zero attached hydrogens (tertiary/aromatic N) is 2. The van der Waals surface area contributed by atoms with Gasteiger partial charge in [0.25, 0.3) is 0 Å². The van der Waals surface area contributed by atoms with Gasteiger partial charge in [0.05, 0.1) is 12.2 Å². The van der Waals surface area contributed by atoms with Crippen molar-refractivity contribution in [2.24, 2.45) is 0 Å². The van der Waals surface area contributed by atoms with Crippen molar-refractivity contribution >= 4 is 17.5 Å². The van der Waals surface area contributed by atoms with Crippen LogP contribution in [0.4, 0.5) is 10.5 Å². The first-order chi connectivity index (χ1) is 12.6. The smallest absolute Gasteiger partial charge is 0.319 e. The maximum absolute atomic E-state index is 12.8. The van der Waals surface area contributed by atoms with E-state index in [2.05, 4.69) is 27.5 Å². The number of nitrogens with one attached hydrogen (secondary N) is 2. The molecule has 0 atom stereocenters. The van der Waals surface area contributed by atoms with Crippen molar-refractivity contribution in [3.05, 3.63) is 29.8 Å². The van der Waals surface area contributed by atoms with Gasteiger partial charge in [-0.2, -0.15) is 0 Å². The number of rotatable bonds is 5. The minimum atomic E-state index is -0.211. The molecule has 6 nitrogen and oxygen atoms in total. The normalized spacial score (nSPS) is 19.9. The molecule has 6 heteroatoms. The lowest BCUT2D eigenvalue weighted by Gasteiger charge is -2.31. The molecule has 1 saturated carbocycles. The molecule has 1 aliphatic heterocycles. The van der Waals surface area contributed by atoms with Crippen LogP contribution in [0.25, 0.3) is 0 Å². The van der Waals surface area contributed by atoms with E-state index in [0.717, 1.165) is 39.0 Å². The highest BCUT2D eigenvalue weighted by atomic mass is 16.2. The number of anilines is 1. The van der Waals surface area contributed by atoms with Gasteiger partial charge in [-0.15, -0.1) is 0 Å². The number of Topliss-reactive ketones (excluding diaryl/α,β-unsaturated/α-hetero) is 1. The number of hydrogen-bond acceptors (Lipinski definition) is 4. The van der Waals surface area contributed by atoms with Gasteiger partial charge in [0, 0.05) is 37.8 Å². The standard InChI is InChI=1S/C20H30N4O2/c1-23-11-13-24(14-12-23)15-19(25)17-9-5-6-10-18(17)22-20(26)21-16-7-3-2-4-8-16/h5-6,9-10,16H,2-4,7-8,11-15H2,1H3,(H2,21,22,26). The lowest BCUT2D eigenvalue weighted by molar-refractivity contribution is 0.0877. The van der Waals surface area contributed by atoms with Crippen LogP contribution in [-0.4, -0.2) is 67.4 Å². The van der Waals surface area contributed by atoms with Crippen LogP contribution in [0, 0.1) is 0 Å². The summed E-state index contributed by atoms with van der Waals surface area (Å²) in [6, 6.07) is 7.34. The Morgan fingerprint density at radius 3 is 2.46 bits per heavy atom. The van der Waals surface area contributed by atoms with E-state index in [1.165, 1.54) is 19.3 Å². The summed E-state index contributed by atoms with van der Waals surface area (Å²) in [5.41, 5.74) is 1.19. The fourth-order valence-corrected chi connectivity index (χ4v) is 3.72. The number of urea groups is 1. The molecular weight excluding hydrogens is 328 g/mol. The van der Waals surface area contributed by atoms with Gasteiger partial charge in [-0.25, -0.2) is 4.79 Å². The number of benzene rings is 1. The maximum atomic E-state index is 12.8. The highest BCUT2D eigenvalue weighted by Gasteiger charge is 2.20. The molecule has 1 saturated heterocycles. The first kappa shape index (κ1) is 18.9. The lowest BCUT2D eigenvalue weighted by atomic mass is 9.96. The van der Waals surface area contributed by atoms with Crippen LogP contribution in [0.15, 0.2) is 24.3 Å². The number of likely N-dealkylation sites (N-methyl/N-ethyl adjacent to an activating group) is 1. The van der Waals surface area contributed by atoms with Gasteiger partial charge >= 0.3 is 6.03 Å². The van der Waals surface area contributed by atoms with Crippen LogP contribution in [-0.2, 0) is 0 Å². The summed E-state index contributed by atoms with van der Waals surface area (Å²) < 4.78 is 0. The predicted octanol–water partition coefficient (Wildman–Crippen LogP) is 2.57. The monoisotopic (exact) mass is 358 g/mol. The van der Waals surface area contributed by atoms with Crippen molar-refractivity contribution in [3.8, 4) is 0 Å². The summed E-state index contributed by atoms with van der Waals surface area (Å²) in [5.74, 6) is 0.0584. The number of amides is 2. The van der Waals surface area contributed by atoms with E-state index < -0.39 is 0 Å². The van der Waals surface area contributed by atoms with Crippen LogP contribution >= 0.6 is 0 Å². The molecule has 0 radical (unpaired) electrons. The van der Waals surface area contributed by atoms with E-state index in [4.69, 9.17) is 0 Å². The van der Waals surface area contributed by atoms with Gasteiger partial charge < -0.3 is 15.5 Å². The summed E-state index contributed by atoms with van der Waals surface area (Å²) in [4.78, 5) is 29.5. The highest BCUT2D eigenvalue weighted by molar-refractivity contribution is 6.05. The minimum Gasteiger partial charge on any atom is -0.335 e. The second-order valence-electron chi connectivity index (χ2n) is 7.48. The van der Waals surface area contributed by atoms with Crippen molar-refractivity contribution in [2.45, 2.75) is 38.1 Å². The number of para-hydroxylation sites is 1. The second kappa shape index (κ2) is 9.14. The first-order valence-corrected chi connectivity index (χ1v) is 9.72. The third kappa shape index (κ3) is 5.29. The summed E-state index contributed by atoms with van der Waals surface area (Å²) >= 11 is 0. The molecule has 1 heterocycles. The topological polar surface area (TPSA) is 64.7 Å². The third-order valence-corrected chi connectivity index (χ3v) is 5.38. The Labute approximate surface area is 155 Å². The minimum absolute atomic E-state index is 0.0584. The Bertz CT molecular complexity index is 620. The number of hydrogen-bond donors (Lipinski definition) is 2. The summed E-state index contributed by atoms with van der Waals surface area (Å²) in [6.07, 6.45) is 5.67. The average Bonchev–Trinajstić information content (AvgIpc) is 2.65. The molecule has 0 bridgehead atoms. The number of carbonyl (C=O) groups is 2. The van der Waals surface area contributed by atoms with Crippen LogP contribution in [0.2, 0.25) is 0 Å². The Morgan fingerprint density at radius 1 is 1.04 bits per heavy atom. The quantitative estimate of drug-likeness (QED) is 0.794. The zero-order valence-corrected chi connectivity index (χ0v) is 15.7. The zero-order valence-electron chi connectivity index (χ0n) is 15.7. The van der Waals surface area contributed by atoms with Crippen LogP contribution < -0.4 is 10.6 Å². The fraction of sp³-hybridized carbons (Fsp3) is 0.600. The molecular formula is C20H30N4O2. The number of ketones is 1. The molecule has 142 valence electrons. The molecule has 2 aliphatic rings. The largest absolute Gasteiger partial charge is 0.335 e. The van der Waals surface area contributed by atoms with Crippen LogP contribution in [0.1, 0.15) is 42.5 Å². The second-order valence-corrected chi connectivity index (χ2v) is 7.48. The zero-order chi connectivity index (χ0) is 18.4. The van der Waals surface area contributed by atoms with Crippen molar-refractivity contribution in [1.29, 1.82) is 0 Å². The van der Waals surface area contributed by atoms with Crippen LogP contribution in [0.3, 0.4) is 0 Å². The van der Waals surface area contributed by atoms with Crippen molar-refractivity contribution in [1.82, 2.24) is 15.1 Å². The number of carbonyl (C=O) groups excluding carboxylic acids is 2. The third-order valence-electron chi connectivity index (χ3n) is 5.38. The van der Waals surface area contributed by atoms with Gasteiger partial charge in [0.2, 0.25) is 0 Å². The van der Waals surface area contributed by atoms with Crippen molar-refractivity contribution < 1.29 is 9.59 Å². The summed E-state index contributed by atoms with van der Waals surface area (Å²) in [6.45, 7) is 4.17. The highest BCUT2D eigenvalue weighted by Crippen LogP contribution is 2.19. The Kier molecular flexibility index (Phi) is 6.63. The van der Waals surface area contributed by atoms with E-state index in [-0.39, 0.29) is 17.9 Å². The van der Waals surface area contributed by atoms with Crippen molar-refractivity contribution in [2.75, 3.05) is 45.1 Å². The molecule has 0 aromatic heterocycles. The van der Waals surface area contributed by atoms with Gasteiger partial charge in [0.1, 0.15) is 0 Å². The molecule has 2 amide bonds. The molecule has 2 fully saturated rings. The maximum Gasteiger partial charge on any atom is 0.319 e. The van der Waals surface area contributed by atoms with Gasteiger partial charge in [-0.1, -0.05) is 31.4 Å². The summed E-state index contributed by atoms with van der Waals surface area (Å²) in [7, 11) is 2.10. The first-order valence-electron chi connectivity index (χ1n) is 9.72. The van der Waals surface area contributed by atoms with Crippen molar-refractivity contribution in [3.63, 3.8) is 0 Å². The molecule has 0 unspecified atom stereocenters. The van der Waals surface area contributed by atoms with E-state index in [0.29, 0.717) is 17.8 Å². The summed E-state index contributed by atoms with van der Waals surface area (Å²) in [5, 5.41) is 5.93. The fourth-order valence-electron chi connectivity index (χ4n) is 3.72. The molecule has 1 aromatic rings. The Balaban J connectivity index is 1.58. The van der Waals surface area contributed by atoms with Gasteiger partial charge in [-0.05, 0) is 32.0 Å². The van der Waals surface area contributed by atoms with Crippen LogP contribution in [0.5, 0.6) is 0 Å². The predicted molar refractivity (Wildman–Crippen MR) is 104 cm³/mol. The average molecular weight is 358 g/mol. The van der Waals surface area contributed by atoms with E-state index in [9.17, 15) is 9.59 Å². The molecule has 0 spiro atoms. The Morgan fingerprint density at radius 2 is 1.73 bits per heavy atom. The molecule has 26 heavy (non-hydrogen) atoms. The lowest BCUT2D eigenvalue weighted by Crippen LogP contribution is -2.46. The van der Waals surface area contributed by atoms with Gasteiger partial charge in [0.15, 0.2) is 5.78 Å². The molecule has 2 N–H and O–H groups in total. The Hall–Kier alpha value is -1.92. The van der Waals surface area contributed by atoms with E-state index in [1.54, 1.807) is 12.1 Å². The number of piperazine rings is 1. The van der Waals surface area contributed by atoms with E-state index in [1.807, 2.05) is 12.1 Å². The van der Waals surface area contributed by atoms with Gasteiger partial charge in [-0.3, -0.25) is 9.69 Å². The van der Waals surface area contributed by atoms with E-state index >= 15 is 0 Å².